The first-order valence-corrected chi connectivity index (χ1v) is 12.7. The predicted molar refractivity (Wildman–Crippen MR) is 138 cm³/mol. The van der Waals surface area contributed by atoms with Crippen molar-refractivity contribution >= 4 is 29.1 Å². The second kappa shape index (κ2) is 10.3. The van der Waals surface area contributed by atoms with Gasteiger partial charge in [-0.2, -0.15) is 0 Å². The van der Waals surface area contributed by atoms with Crippen molar-refractivity contribution in [3.8, 4) is 5.75 Å². The summed E-state index contributed by atoms with van der Waals surface area (Å²) in [6.07, 6.45) is 5.05. The fourth-order valence-corrected chi connectivity index (χ4v) is 5.77. The fraction of sp³-hybridized carbons (Fsp3) is 0.310. The molecule has 2 amide bonds. The fourth-order valence-electron chi connectivity index (χ4n) is 5.55. The van der Waals surface area contributed by atoms with Gasteiger partial charge in [-0.3, -0.25) is 9.59 Å². The topological polar surface area (TPSA) is 58.6 Å². The average Bonchev–Trinajstić information content (AvgIpc) is 2.90. The van der Waals surface area contributed by atoms with Crippen LogP contribution < -0.4 is 10.1 Å². The number of rotatable bonds is 5. The summed E-state index contributed by atoms with van der Waals surface area (Å²) in [6, 6.07) is 18.3. The summed E-state index contributed by atoms with van der Waals surface area (Å²) in [5.41, 5.74) is 2.40. The van der Waals surface area contributed by atoms with Gasteiger partial charge in [-0.15, -0.1) is 0 Å². The molecule has 3 aromatic rings. The highest BCUT2D eigenvalue weighted by Gasteiger charge is 2.46. The van der Waals surface area contributed by atoms with Crippen LogP contribution in [-0.4, -0.2) is 29.9 Å². The van der Waals surface area contributed by atoms with E-state index < -0.39 is 17.8 Å². The maximum absolute atomic E-state index is 14.0. The van der Waals surface area contributed by atoms with Crippen molar-refractivity contribution in [2.75, 3.05) is 12.4 Å². The Morgan fingerprint density at radius 1 is 1.03 bits per heavy atom. The van der Waals surface area contributed by atoms with E-state index in [0.29, 0.717) is 22.6 Å². The number of methoxy groups -OCH3 is 1. The Morgan fingerprint density at radius 2 is 1.75 bits per heavy atom. The number of fused-ring (bicyclic) bond motifs is 1. The summed E-state index contributed by atoms with van der Waals surface area (Å²) in [6.45, 7) is 0. The summed E-state index contributed by atoms with van der Waals surface area (Å²) in [7, 11) is 1.60. The number of amides is 2. The van der Waals surface area contributed by atoms with Gasteiger partial charge in [0.25, 0.3) is 5.91 Å². The van der Waals surface area contributed by atoms with Gasteiger partial charge in [-0.25, -0.2) is 4.39 Å². The SMILES string of the molecule is COc1ccc([C@H]2[C@@H](C(=O)Nc3ccc(F)cc3Cl)c3ccccc3C(=O)N2C2CCCCC2)cc1. The van der Waals surface area contributed by atoms with Gasteiger partial charge < -0.3 is 15.0 Å². The van der Waals surface area contributed by atoms with E-state index in [1.165, 1.54) is 18.2 Å². The molecule has 3 aromatic carbocycles. The van der Waals surface area contributed by atoms with E-state index in [2.05, 4.69) is 5.32 Å². The maximum Gasteiger partial charge on any atom is 0.254 e. The normalized spacial score (nSPS) is 20.1. The molecule has 36 heavy (non-hydrogen) atoms. The summed E-state index contributed by atoms with van der Waals surface area (Å²) >= 11 is 6.24. The first-order valence-electron chi connectivity index (χ1n) is 12.3. The lowest BCUT2D eigenvalue weighted by molar-refractivity contribution is -0.119. The molecule has 2 atom stereocenters. The molecule has 5 rings (SSSR count). The van der Waals surface area contributed by atoms with Crippen molar-refractivity contribution in [1.29, 1.82) is 0 Å². The van der Waals surface area contributed by atoms with Crippen LogP contribution in [0.3, 0.4) is 0 Å². The summed E-state index contributed by atoms with van der Waals surface area (Å²) in [5, 5.41) is 3.03. The Balaban J connectivity index is 1.64. The van der Waals surface area contributed by atoms with Gasteiger partial charge in [-0.1, -0.05) is 61.2 Å². The number of halogens is 2. The van der Waals surface area contributed by atoms with Crippen LogP contribution in [0.2, 0.25) is 5.02 Å². The molecule has 7 heteroatoms. The van der Waals surface area contributed by atoms with Crippen molar-refractivity contribution < 1.29 is 18.7 Å². The summed E-state index contributed by atoms with van der Waals surface area (Å²) in [5.74, 6) is -0.821. The Labute approximate surface area is 215 Å². The summed E-state index contributed by atoms with van der Waals surface area (Å²) < 4.78 is 19.0. The lowest BCUT2D eigenvalue weighted by Gasteiger charge is -2.46. The van der Waals surface area contributed by atoms with Crippen molar-refractivity contribution in [1.82, 2.24) is 4.90 Å². The van der Waals surface area contributed by atoms with Gasteiger partial charge in [-0.05, 0) is 60.4 Å². The van der Waals surface area contributed by atoms with Crippen molar-refractivity contribution in [2.24, 2.45) is 0 Å². The zero-order chi connectivity index (χ0) is 25.2. The molecule has 1 N–H and O–H groups in total. The van der Waals surface area contributed by atoms with Crippen LogP contribution in [0.4, 0.5) is 10.1 Å². The van der Waals surface area contributed by atoms with Gasteiger partial charge in [0.15, 0.2) is 0 Å². The minimum absolute atomic E-state index is 0.0383. The van der Waals surface area contributed by atoms with Crippen LogP contribution in [0, 0.1) is 5.82 Å². The molecule has 0 aromatic heterocycles. The lowest BCUT2D eigenvalue weighted by Crippen LogP contribution is -2.51. The molecule has 1 saturated carbocycles. The van der Waals surface area contributed by atoms with E-state index in [1.807, 2.05) is 47.4 Å². The van der Waals surface area contributed by atoms with E-state index >= 15 is 0 Å². The Kier molecular flexibility index (Phi) is 6.97. The third-order valence-electron chi connectivity index (χ3n) is 7.27. The van der Waals surface area contributed by atoms with Gasteiger partial charge in [0.1, 0.15) is 11.6 Å². The number of hydrogen-bond donors (Lipinski definition) is 1. The third-order valence-corrected chi connectivity index (χ3v) is 7.59. The molecule has 1 fully saturated rings. The zero-order valence-electron chi connectivity index (χ0n) is 20.0. The molecule has 186 valence electrons. The largest absolute Gasteiger partial charge is 0.497 e. The number of nitrogens with zero attached hydrogens (tertiary/aromatic N) is 1. The number of carbonyl (C=O) groups is 2. The van der Waals surface area contributed by atoms with E-state index in [0.717, 1.165) is 37.7 Å². The molecule has 2 aliphatic rings. The molecule has 1 aliphatic carbocycles. The second-order valence-corrected chi connectivity index (χ2v) is 9.81. The van der Waals surface area contributed by atoms with Crippen LogP contribution >= 0.6 is 11.6 Å². The quantitative estimate of drug-likeness (QED) is 0.417. The Hall–Kier alpha value is -3.38. The van der Waals surface area contributed by atoms with Crippen LogP contribution in [0.1, 0.15) is 65.5 Å². The van der Waals surface area contributed by atoms with E-state index in [-0.39, 0.29) is 22.9 Å². The van der Waals surface area contributed by atoms with Crippen molar-refractivity contribution in [2.45, 2.75) is 50.1 Å². The first kappa shape index (κ1) is 24.3. The molecule has 0 saturated heterocycles. The Morgan fingerprint density at radius 3 is 2.44 bits per heavy atom. The number of ether oxygens (including phenoxy) is 1. The maximum atomic E-state index is 14.0. The molecule has 1 heterocycles. The highest BCUT2D eigenvalue weighted by Crippen LogP contribution is 2.46. The van der Waals surface area contributed by atoms with E-state index in [9.17, 15) is 14.0 Å². The number of nitrogens with one attached hydrogen (secondary N) is 1. The predicted octanol–water partition coefficient (Wildman–Crippen LogP) is 6.74. The highest BCUT2D eigenvalue weighted by molar-refractivity contribution is 6.33. The number of anilines is 1. The van der Waals surface area contributed by atoms with Gasteiger partial charge in [0.2, 0.25) is 5.91 Å². The molecule has 1 aliphatic heterocycles. The van der Waals surface area contributed by atoms with Crippen LogP contribution in [0.5, 0.6) is 5.75 Å². The molecular weight excluding hydrogens is 479 g/mol. The number of carbonyl (C=O) groups excluding carboxylic acids is 2. The lowest BCUT2D eigenvalue weighted by atomic mass is 9.77. The molecule has 0 radical (unpaired) electrons. The van der Waals surface area contributed by atoms with Gasteiger partial charge in [0, 0.05) is 11.6 Å². The highest BCUT2D eigenvalue weighted by atomic mass is 35.5. The van der Waals surface area contributed by atoms with Crippen LogP contribution in [-0.2, 0) is 4.79 Å². The molecule has 0 unspecified atom stereocenters. The van der Waals surface area contributed by atoms with Crippen LogP contribution in [0.15, 0.2) is 66.7 Å². The first-order chi connectivity index (χ1) is 17.5. The average molecular weight is 507 g/mol. The number of benzene rings is 3. The molecule has 5 nitrogen and oxygen atoms in total. The molecular formula is C29H28ClFN2O3. The van der Waals surface area contributed by atoms with Gasteiger partial charge >= 0.3 is 0 Å². The monoisotopic (exact) mass is 506 g/mol. The summed E-state index contributed by atoms with van der Waals surface area (Å²) in [4.78, 5) is 29.9. The van der Waals surface area contributed by atoms with E-state index in [1.54, 1.807) is 13.2 Å². The number of hydrogen-bond acceptors (Lipinski definition) is 3. The van der Waals surface area contributed by atoms with Crippen molar-refractivity contribution in [3.05, 3.63) is 94.3 Å². The standard InChI is InChI=1S/C29H28ClFN2O3/c1-36-21-14-11-18(12-15-21)27-26(28(34)32-25-16-13-19(31)17-24(25)30)22-9-5-6-10-23(22)29(35)33(27)20-7-3-2-4-8-20/h5-6,9-17,20,26-27H,2-4,7-8H2,1H3,(H,32,34)/t26-,27-/m0/s1. The van der Waals surface area contributed by atoms with Crippen molar-refractivity contribution in [3.63, 3.8) is 0 Å². The van der Waals surface area contributed by atoms with Gasteiger partial charge in [0.05, 0.1) is 29.8 Å². The second-order valence-electron chi connectivity index (χ2n) is 9.40. The van der Waals surface area contributed by atoms with Crippen LogP contribution in [0.25, 0.3) is 0 Å². The Bertz CT molecular complexity index is 1270. The smallest absolute Gasteiger partial charge is 0.254 e. The third kappa shape index (κ3) is 4.58. The van der Waals surface area contributed by atoms with E-state index in [4.69, 9.17) is 16.3 Å². The molecule has 0 bridgehead atoms. The molecule has 0 spiro atoms. The minimum atomic E-state index is -0.685. The zero-order valence-corrected chi connectivity index (χ0v) is 20.8. The minimum Gasteiger partial charge on any atom is -0.497 e.